The van der Waals surface area contributed by atoms with Crippen LogP contribution in [0.4, 0.5) is 10.6 Å². The van der Waals surface area contributed by atoms with Gasteiger partial charge in [0.25, 0.3) is 5.91 Å². The molecule has 39 heavy (non-hydrogen) atoms. The summed E-state index contributed by atoms with van der Waals surface area (Å²) in [5.74, 6) is -0.455. The number of rotatable bonds is 4. The summed E-state index contributed by atoms with van der Waals surface area (Å²) in [5.41, 5.74) is 2.61. The highest BCUT2D eigenvalue weighted by Crippen LogP contribution is 2.30. The zero-order valence-corrected chi connectivity index (χ0v) is 23.1. The normalized spacial score (nSPS) is 15.1. The summed E-state index contributed by atoms with van der Waals surface area (Å²) >= 11 is 6.22. The number of pyridine rings is 1. The number of benzene rings is 1. The molecule has 2 aromatic heterocycles. The Kier molecular flexibility index (Phi) is 7.07. The highest BCUT2D eigenvalue weighted by molar-refractivity contribution is 6.30. The number of carbonyl (C=O) groups excluding carboxylic acids is 3. The van der Waals surface area contributed by atoms with Crippen LogP contribution < -0.4 is 4.90 Å². The molecule has 0 atom stereocenters. The first-order valence-corrected chi connectivity index (χ1v) is 13.3. The number of fused-ring (bicyclic) bond motifs is 2. The number of carbonyl (C=O) groups is 3. The first kappa shape index (κ1) is 26.7. The molecule has 0 unspecified atom stereocenters. The molecule has 0 saturated heterocycles. The van der Waals surface area contributed by atoms with E-state index >= 15 is 0 Å². The van der Waals surface area contributed by atoms with Crippen molar-refractivity contribution in [2.24, 2.45) is 0 Å². The Bertz CT molecular complexity index is 1460. The predicted octanol–water partition coefficient (Wildman–Crippen LogP) is 4.59. The molecule has 2 aliphatic heterocycles. The van der Waals surface area contributed by atoms with E-state index in [0.29, 0.717) is 54.6 Å². The largest absolute Gasteiger partial charge is 0.461 e. The number of amides is 2. The Labute approximate surface area is 231 Å². The van der Waals surface area contributed by atoms with Crippen LogP contribution in [0.25, 0.3) is 5.69 Å². The van der Waals surface area contributed by atoms with E-state index in [-0.39, 0.29) is 23.9 Å². The number of hydrogen-bond acceptors (Lipinski definition) is 7. The molecule has 0 fully saturated rings. The summed E-state index contributed by atoms with van der Waals surface area (Å²) in [4.78, 5) is 47.3. The topological polar surface area (TPSA) is 107 Å². The molecule has 0 N–H and O–H groups in total. The van der Waals surface area contributed by atoms with Gasteiger partial charge < -0.3 is 14.4 Å². The smallest absolute Gasteiger partial charge is 0.410 e. The molecule has 1 aromatic carbocycles. The minimum Gasteiger partial charge on any atom is -0.461 e. The minimum absolute atomic E-state index is 0.117. The van der Waals surface area contributed by atoms with E-state index in [1.807, 2.05) is 32.9 Å². The molecule has 2 amide bonds. The maximum Gasteiger partial charge on any atom is 0.410 e. The quantitative estimate of drug-likeness (QED) is 0.436. The lowest BCUT2D eigenvalue weighted by molar-refractivity contribution is 0.0220. The van der Waals surface area contributed by atoms with Gasteiger partial charge in [-0.15, -0.1) is 0 Å². The van der Waals surface area contributed by atoms with Gasteiger partial charge >= 0.3 is 12.1 Å². The second-order valence-corrected chi connectivity index (χ2v) is 10.9. The number of hydrogen-bond donors (Lipinski definition) is 0. The highest BCUT2D eigenvalue weighted by atomic mass is 35.5. The van der Waals surface area contributed by atoms with Crippen molar-refractivity contribution in [1.82, 2.24) is 19.7 Å². The number of halogens is 1. The predicted molar refractivity (Wildman–Crippen MR) is 144 cm³/mol. The Balaban J connectivity index is 1.49. The number of aromatic nitrogens is 3. The molecule has 11 heteroatoms. The third kappa shape index (κ3) is 5.34. The Morgan fingerprint density at radius 2 is 1.90 bits per heavy atom. The lowest BCUT2D eigenvalue weighted by Crippen LogP contribution is -2.41. The SMILES string of the molecule is CCOC(=O)c1nn(-c2cccc(Cl)c2)c2c1CCN(c1ccc3c(n1)CN(C(=O)OC(C)(C)C)CC3)C2=O. The van der Waals surface area contributed by atoms with Crippen LogP contribution in [0.1, 0.15) is 65.5 Å². The van der Waals surface area contributed by atoms with Crippen LogP contribution in [0, 0.1) is 0 Å². The average molecular weight is 552 g/mol. The number of nitrogens with zero attached hydrogens (tertiary/aromatic N) is 5. The molecular weight excluding hydrogens is 522 g/mol. The molecule has 0 radical (unpaired) electrons. The van der Waals surface area contributed by atoms with Crippen molar-refractivity contribution in [3.8, 4) is 5.69 Å². The van der Waals surface area contributed by atoms with Crippen LogP contribution in [0.3, 0.4) is 0 Å². The maximum atomic E-state index is 13.9. The van der Waals surface area contributed by atoms with Crippen molar-refractivity contribution < 1.29 is 23.9 Å². The molecule has 3 aromatic rings. The fourth-order valence-electron chi connectivity index (χ4n) is 4.77. The van der Waals surface area contributed by atoms with Gasteiger partial charge in [0, 0.05) is 23.7 Å². The molecule has 0 bridgehead atoms. The van der Waals surface area contributed by atoms with E-state index in [1.165, 1.54) is 4.68 Å². The maximum absolute atomic E-state index is 13.9. The van der Waals surface area contributed by atoms with E-state index in [2.05, 4.69) is 5.10 Å². The monoisotopic (exact) mass is 551 g/mol. The van der Waals surface area contributed by atoms with Crippen LogP contribution in [-0.2, 0) is 28.9 Å². The van der Waals surface area contributed by atoms with Crippen molar-refractivity contribution in [3.05, 3.63) is 69.6 Å². The summed E-state index contributed by atoms with van der Waals surface area (Å²) in [6, 6.07) is 10.7. The van der Waals surface area contributed by atoms with Gasteiger partial charge in [0.2, 0.25) is 0 Å². The fraction of sp³-hybridized carbons (Fsp3) is 0.393. The molecular formula is C28H30ClN5O5. The first-order chi connectivity index (χ1) is 18.6. The van der Waals surface area contributed by atoms with Gasteiger partial charge in [-0.25, -0.2) is 19.3 Å². The average Bonchev–Trinajstić information content (AvgIpc) is 3.28. The molecule has 0 saturated carbocycles. The molecule has 204 valence electrons. The van der Waals surface area contributed by atoms with Gasteiger partial charge in [0.05, 0.1) is 24.5 Å². The minimum atomic E-state index is -0.598. The zero-order chi connectivity index (χ0) is 27.9. The van der Waals surface area contributed by atoms with Crippen LogP contribution in [0.15, 0.2) is 36.4 Å². The van der Waals surface area contributed by atoms with Crippen molar-refractivity contribution in [3.63, 3.8) is 0 Å². The van der Waals surface area contributed by atoms with Crippen LogP contribution >= 0.6 is 11.6 Å². The second kappa shape index (κ2) is 10.3. The molecule has 0 spiro atoms. The van der Waals surface area contributed by atoms with Crippen LogP contribution in [0.5, 0.6) is 0 Å². The molecule has 10 nitrogen and oxygen atoms in total. The van der Waals surface area contributed by atoms with Gasteiger partial charge in [-0.2, -0.15) is 5.10 Å². The van der Waals surface area contributed by atoms with Gasteiger partial charge in [-0.1, -0.05) is 23.7 Å². The third-order valence-corrected chi connectivity index (χ3v) is 6.75. The Morgan fingerprint density at radius 3 is 2.62 bits per heavy atom. The van der Waals surface area contributed by atoms with Crippen LogP contribution in [0.2, 0.25) is 5.02 Å². The van der Waals surface area contributed by atoms with Crippen molar-refractivity contribution in [1.29, 1.82) is 0 Å². The standard InChI is InChI=1S/C28H30ClN5O5/c1-5-38-26(36)23-20-12-14-33(25(35)24(20)34(31-23)19-8-6-7-18(29)15-19)22-10-9-17-11-13-32(16-21(17)30-22)27(37)39-28(2,3)4/h6-10,15H,5,11-14,16H2,1-4H3. The van der Waals surface area contributed by atoms with E-state index in [4.69, 9.17) is 26.1 Å². The lowest BCUT2D eigenvalue weighted by Gasteiger charge is -2.32. The number of anilines is 1. The molecule has 2 aliphatic rings. The lowest BCUT2D eigenvalue weighted by atomic mass is 10.0. The van der Waals surface area contributed by atoms with Crippen molar-refractivity contribution in [2.75, 3.05) is 24.6 Å². The zero-order valence-electron chi connectivity index (χ0n) is 22.4. The molecule has 4 heterocycles. The van der Waals surface area contributed by atoms with Crippen molar-refractivity contribution in [2.45, 2.75) is 52.7 Å². The van der Waals surface area contributed by atoms with Crippen LogP contribution in [-0.4, -0.2) is 62.9 Å². The highest BCUT2D eigenvalue weighted by Gasteiger charge is 2.36. The van der Waals surface area contributed by atoms with Gasteiger partial charge in [0.15, 0.2) is 5.69 Å². The molecule has 5 rings (SSSR count). The summed E-state index contributed by atoms with van der Waals surface area (Å²) in [5, 5.41) is 4.96. The van der Waals surface area contributed by atoms with E-state index in [1.54, 1.807) is 41.0 Å². The number of esters is 1. The summed E-state index contributed by atoms with van der Waals surface area (Å²) < 4.78 is 12.2. The van der Waals surface area contributed by atoms with Gasteiger partial charge in [0.1, 0.15) is 17.1 Å². The molecule has 0 aliphatic carbocycles. The second-order valence-electron chi connectivity index (χ2n) is 10.4. The van der Waals surface area contributed by atoms with E-state index in [9.17, 15) is 14.4 Å². The summed E-state index contributed by atoms with van der Waals surface area (Å²) in [6.45, 7) is 8.53. The van der Waals surface area contributed by atoms with Gasteiger partial charge in [-0.3, -0.25) is 9.69 Å². The summed E-state index contributed by atoms with van der Waals surface area (Å²) in [7, 11) is 0. The number of ether oxygens (including phenoxy) is 2. The Hall–Kier alpha value is -3.92. The first-order valence-electron chi connectivity index (χ1n) is 12.9. The Morgan fingerprint density at radius 1 is 1.10 bits per heavy atom. The van der Waals surface area contributed by atoms with E-state index in [0.717, 1.165) is 11.3 Å². The fourth-order valence-corrected chi connectivity index (χ4v) is 4.95. The summed E-state index contributed by atoms with van der Waals surface area (Å²) in [6.07, 6.45) is 0.638. The van der Waals surface area contributed by atoms with Gasteiger partial charge in [-0.05, 0) is 70.4 Å². The van der Waals surface area contributed by atoms with Crippen molar-refractivity contribution >= 4 is 35.4 Å². The van der Waals surface area contributed by atoms with E-state index < -0.39 is 17.7 Å². The third-order valence-electron chi connectivity index (χ3n) is 6.51.